The molecule has 2 amide bonds. The van der Waals surface area contributed by atoms with Crippen molar-refractivity contribution >= 4 is 23.2 Å². The van der Waals surface area contributed by atoms with E-state index in [0.717, 1.165) is 11.3 Å². The summed E-state index contributed by atoms with van der Waals surface area (Å²) in [6, 6.07) is 7.37. The fourth-order valence-electron chi connectivity index (χ4n) is 2.42. The van der Waals surface area contributed by atoms with Gasteiger partial charge < -0.3 is 15.1 Å². The molecule has 0 radical (unpaired) electrons. The van der Waals surface area contributed by atoms with E-state index in [1.165, 1.54) is 11.3 Å². The molecule has 0 saturated carbocycles. The Morgan fingerprint density at radius 3 is 2.59 bits per heavy atom. The lowest BCUT2D eigenvalue weighted by Crippen LogP contribution is -2.30. The van der Waals surface area contributed by atoms with Gasteiger partial charge >= 0.3 is 0 Å². The van der Waals surface area contributed by atoms with Crippen LogP contribution < -0.4 is 10.6 Å². The van der Waals surface area contributed by atoms with Gasteiger partial charge in [0.2, 0.25) is 5.91 Å². The number of thiazole rings is 1. The molecule has 0 aliphatic rings. The van der Waals surface area contributed by atoms with Gasteiger partial charge in [0.1, 0.15) is 10.6 Å². The third-order valence-electron chi connectivity index (χ3n) is 3.83. The van der Waals surface area contributed by atoms with Crippen molar-refractivity contribution in [3.63, 3.8) is 0 Å². The van der Waals surface area contributed by atoms with Crippen LogP contribution in [0.1, 0.15) is 33.1 Å². The molecular weight excluding hydrogens is 364 g/mol. The number of hydrogen-bond donors (Lipinski definition) is 2. The van der Waals surface area contributed by atoms with Gasteiger partial charge in [-0.2, -0.15) is 0 Å². The van der Waals surface area contributed by atoms with Crippen LogP contribution in [-0.4, -0.2) is 28.3 Å². The summed E-state index contributed by atoms with van der Waals surface area (Å²) >= 11 is 1.28. The lowest BCUT2D eigenvalue weighted by atomic mass is 10.2. The van der Waals surface area contributed by atoms with Crippen LogP contribution >= 0.6 is 11.3 Å². The maximum absolute atomic E-state index is 12.4. The highest BCUT2D eigenvalue weighted by Gasteiger charge is 2.17. The van der Waals surface area contributed by atoms with Crippen molar-refractivity contribution in [3.05, 3.63) is 58.6 Å². The highest BCUT2D eigenvalue weighted by molar-refractivity contribution is 7.17. The summed E-state index contributed by atoms with van der Waals surface area (Å²) < 4.78 is 5.55. The van der Waals surface area contributed by atoms with Crippen LogP contribution in [0, 0.1) is 13.8 Å². The molecule has 0 bridgehead atoms. The minimum absolute atomic E-state index is 0.125. The number of nitrogens with zero attached hydrogens (tertiary/aromatic N) is 2. The van der Waals surface area contributed by atoms with Gasteiger partial charge in [-0.05, 0) is 43.7 Å². The molecule has 2 N–H and O–H groups in total. The summed E-state index contributed by atoms with van der Waals surface area (Å²) in [5, 5.41) is 6.25. The third kappa shape index (κ3) is 5.01. The fraction of sp³-hybridized carbons (Fsp3) is 0.263. The van der Waals surface area contributed by atoms with Crippen LogP contribution in [0.15, 0.2) is 41.1 Å². The van der Waals surface area contributed by atoms with Gasteiger partial charge in [-0.1, -0.05) is 0 Å². The largest absolute Gasteiger partial charge is 0.459 e. The van der Waals surface area contributed by atoms with E-state index in [0.29, 0.717) is 27.9 Å². The number of rotatable bonds is 7. The van der Waals surface area contributed by atoms with Crippen LogP contribution in [0.25, 0.3) is 10.8 Å². The number of carbonyl (C=O) groups is 2. The highest BCUT2D eigenvalue weighted by Crippen LogP contribution is 2.29. The van der Waals surface area contributed by atoms with Crippen molar-refractivity contribution < 1.29 is 14.0 Å². The number of furan rings is 1. The number of aromatic nitrogens is 2. The molecule has 3 rings (SSSR count). The first-order valence-corrected chi connectivity index (χ1v) is 9.32. The summed E-state index contributed by atoms with van der Waals surface area (Å²) in [6.07, 6.45) is 3.56. The number of aryl methyl sites for hydroxylation is 2. The van der Waals surface area contributed by atoms with Gasteiger partial charge in [0.25, 0.3) is 5.91 Å². The SMILES string of the molecule is Cc1ccc(-c2nc(C)c(C(=O)NCCC(=O)NCc3ccncc3)s2)o1. The minimum Gasteiger partial charge on any atom is -0.459 e. The fourth-order valence-corrected chi connectivity index (χ4v) is 3.37. The Kier molecular flexibility index (Phi) is 5.97. The van der Waals surface area contributed by atoms with Crippen molar-refractivity contribution in [2.24, 2.45) is 0 Å². The Balaban J connectivity index is 1.48. The van der Waals surface area contributed by atoms with Gasteiger partial charge in [-0.25, -0.2) is 4.98 Å². The Morgan fingerprint density at radius 2 is 1.89 bits per heavy atom. The summed E-state index contributed by atoms with van der Waals surface area (Å²) in [5.41, 5.74) is 1.62. The summed E-state index contributed by atoms with van der Waals surface area (Å²) in [7, 11) is 0. The molecule has 0 atom stereocenters. The first-order valence-electron chi connectivity index (χ1n) is 8.51. The number of amides is 2. The number of nitrogens with one attached hydrogen (secondary N) is 2. The average molecular weight is 384 g/mol. The molecular formula is C19H20N4O3S. The van der Waals surface area contributed by atoms with Crippen LogP contribution in [0.2, 0.25) is 0 Å². The molecule has 3 aromatic rings. The number of pyridine rings is 1. The van der Waals surface area contributed by atoms with E-state index in [1.807, 2.05) is 31.2 Å². The van der Waals surface area contributed by atoms with Gasteiger partial charge in [-0.3, -0.25) is 14.6 Å². The van der Waals surface area contributed by atoms with Crippen LogP contribution in [-0.2, 0) is 11.3 Å². The predicted octanol–water partition coefficient (Wildman–Crippen LogP) is 2.85. The first-order chi connectivity index (χ1) is 13.0. The smallest absolute Gasteiger partial charge is 0.263 e. The molecule has 0 aliphatic carbocycles. The average Bonchev–Trinajstić information content (AvgIpc) is 3.26. The number of carbonyl (C=O) groups excluding carboxylic acids is 2. The zero-order chi connectivity index (χ0) is 19.2. The molecule has 0 aromatic carbocycles. The molecule has 27 heavy (non-hydrogen) atoms. The van der Waals surface area contributed by atoms with E-state index >= 15 is 0 Å². The normalized spacial score (nSPS) is 10.6. The van der Waals surface area contributed by atoms with Gasteiger partial charge in [-0.15, -0.1) is 11.3 Å². The topological polar surface area (TPSA) is 97.1 Å². The molecule has 0 aliphatic heterocycles. The van der Waals surface area contributed by atoms with E-state index in [2.05, 4.69) is 20.6 Å². The van der Waals surface area contributed by atoms with Crippen molar-refractivity contribution in [2.75, 3.05) is 6.54 Å². The second kappa shape index (κ2) is 8.59. The summed E-state index contributed by atoms with van der Waals surface area (Å²) in [6.45, 7) is 4.34. The monoisotopic (exact) mass is 384 g/mol. The molecule has 7 nitrogen and oxygen atoms in total. The maximum atomic E-state index is 12.4. The van der Waals surface area contributed by atoms with E-state index in [-0.39, 0.29) is 24.8 Å². The van der Waals surface area contributed by atoms with E-state index < -0.39 is 0 Å². The number of hydrogen-bond acceptors (Lipinski definition) is 6. The van der Waals surface area contributed by atoms with Gasteiger partial charge in [0.05, 0.1) is 5.69 Å². The first kappa shape index (κ1) is 18.8. The van der Waals surface area contributed by atoms with Gasteiger partial charge in [0, 0.05) is 31.9 Å². The molecule has 3 heterocycles. The highest BCUT2D eigenvalue weighted by atomic mass is 32.1. The zero-order valence-corrected chi connectivity index (χ0v) is 15.9. The quantitative estimate of drug-likeness (QED) is 0.653. The Morgan fingerprint density at radius 1 is 1.11 bits per heavy atom. The second-order valence-corrected chi connectivity index (χ2v) is 6.98. The van der Waals surface area contributed by atoms with E-state index in [4.69, 9.17) is 4.42 Å². The van der Waals surface area contributed by atoms with E-state index in [9.17, 15) is 9.59 Å². The second-order valence-electron chi connectivity index (χ2n) is 5.98. The van der Waals surface area contributed by atoms with Crippen molar-refractivity contribution in [1.29, 1.82) is 0 Å². The Bertz CT molecular complexity index is 934. The van der Waals surface area contributed by atoms with Crippen molar-refractivity contribution in [3.8, 4) is 10.8 Å². The Labute approximate surface area is 160 Å². The maximum Gasteiger partial charge on any atom is 0.263 e. The molecule has 0 spiro atoms. The van der Waals surface area contributed by atoms with Crippen LogP contribution in [0.4, 0.5) is 0 Å². The lowest BCUT2D eigenvalue weighted by Gasteiger charge is -2.06. The third-order valence-corrected chi connectivity index (χ3v) is 5.00. The summed E-state index contributed by atoms with van der Waals surface area (Å²) in [4.78, 5) is 33.1. The minimum atomic E-state index is -0.235. The zero-order valence-electron chi connectivity index (χ0n) is 15.1. The van der Waals surface area contributed by atoms with Crippen molar-refractivity contribution in [2.45, 2.75) is 26.8 Å². The Hall–Kier alpha value is -3.00. The molecule has 3 aromatic heterocycles. The molecule has 0 fully saturated rings. The predicted molar refractivity (Wildman–Crippen MR) is 102 cm³/mol. The van der Waals surface area contributed by atoms with Crippen molar-refractivity contribution in [1.82, 2.24) is 20.6 Å². The van der Waals surface area contributed by atoms with Crippen LogP contribution in [0.5, 0.6) is 0 Å². The molecule has 0 saturated heterocycles. The van der Waals surface area contributed by atoms with E-state index in [1.54, 1.807) is 19.3 Å². The molecule has 8 heteroatoms. The lowest BCUT2D eigenvalue weighted by molar-refractivity contribution is -0.121. The summed E-state index contributed by atoms with van der Waals surface area (Å²) in [5.74, 6) is 1.08. The van der Waals surface area contributed by atoms with Gasteiger partial charge in [0.15, 0.2) is 10.8 Å². The standard InChI is InChI=1S/C19H20N4O3S/c1-12-3-4-15(26-12)19-23-13(2)17(27-19)18(25)21-10-7-16(24)22-11-14-5-8-20-9-6-14/h3-6,8-9H,7,10-11H2,1-2H3,(H,21,25)(H,22,24). The van der Waals surface area contributed by atoms with Crippen LogP contribution in [0.3, 0.4) is 0 Å². The molecule has 140 valence electrons. The molecule has 0 unspecified atom stereocenters.